The molecule has 0 bridgehead atoms. The van der Waals surface area contributed by atoms with E-state index in [0.29, 0.717) is 0 Å². The van der Waals surface area contributed by atoms with Crippen LogP contribution in [-0.2, 0) is 0 Å². The smallest absolute Gasteiger partial charge is 0.134 e. The Morgan fingerprint density at radius 2 is 1.30 bits per heavy atom. The summed E-state index contributed by atoms with van der Waals surface area (Å²) in [5.41, 5.74) is 3.57. The fourth-order valence-electron chi connectivity index (χ4n) is 3.70. The van der Waals surface area contributed by atoms with Crippen LogP contribution in [0.4, 0.5) is 0 Å². The van der Waals surface area contributed by atoms with E-state index < -0.39 is 0 Å². The molecule has 0 aliphatic carbocycles. The van der Waals surface area contributed by atoms with Crippen LogP contribution < -0.4 is 0 Å². The standard InChI is InChI=1S/C23H14N2S2/c1-4-10-18-15(7-1)16-8-2-5-11-19(16)25(18)22-14-13-21(26-22)23-24-17-9-3-6-12-20(17)27-23/h1-14H. The van der Waals surface area contributed by atoms with Crippen LogP contribution in [0.3, 0.4) is 0 Å². The van der Waals surface area contributed by atoms with Crippen molar-refractivity contribution in [2.24, 2.45) is 0 Å². The summed E-state index contributed by atoms with van der Waals surface area (Å²) in [5, 5.41) is 4.90. The Morgan fingerprint density at radius 1 is 0.630 bits per heavy atom. The highest BCUT2D eigenvalue weighted by atomic mass is 32.1. The highest BCUT2D eigenvalue weighted by molar-refractivity contribution is 7.26. The maximum absolute atomic E-state index is 4.82. The van der Waals surface area contributed by atoms with E-state index in [9.17, 15) is 0 Å². The summed E-state index contributed by atoms with van der Waals surface area (Å²) in [6.07, 6.45) is 0. The van der Waals surface area contributed by atoms with Crippen molar-refractivity contribution in [1.82, 2.24) is 9.55 Å². The summed E-state index contributed by atoms with van der Waals surface area (Å²) in [5.74, 6) is 0. The zero-order chi connectivity index (χ0) is 17.8. The van der Waals surface area contributed by atoms with E-state index in [0.717, 1.165) is 10.5 Å². The highest BCUT2D eigenvalue weighted by Gasteiger charge is 2.14. The molecule has 0 saturated carbocycles. The van der Waals surface area contributed by atoms with E-state index in [-0.39, 0.29) is 0 Å². The van der Waals surface area contributed by atoms with E-state index in [4.69, 9.17) is 4.98 Å². The van der Waals surface area contributed by atoms with Crippen molar-refractivity contribution in [2.75, 3.05) is 0 Å². The first-order valence-corrected chi connectivity index (χ1v) is 10.5. The fourth-order valence-corrected chi connectivity index (χ4v) is 5.75. The first-order valence-electron chi connectivity index (χ1n) is 8.83. The third-order valence-corrected chi connectivity index (χ3v) is 7.17. The van der Waals surface area contributed by atoms with Crippen molar-refractivity contribution in [1.29, 1.82) is 0 Å². The second kappa shape index (κ2) is 5.78. The Morgan fingerprint density at radius 3 is 2.04 bits per heavy atom. The Kier molecular flexibility index (Phi) is 3.24. The summed E-state index contributed by atoms with van der Waals surface area (Å²) in [7, 11) is 0. The van der Waals surface area contributed by atoms with Gasteiger partial charge in [0.1, 0.15) is 10.0 Å². The summed E-state index contributed by atoms with van der Waals surface area (Å²) >= 11 is 3.56. The van der Waals surface area contributed by atoms with Gasteiger partial charge in [0.15, 0.2) is 0 Å². The Bertz CT molecular complexity index is 1350. The van der Waals surface area contributed by atoms with Gasteiger partial charge in [0.25, 0.3) is 0 Å². The lowest BCUT2D eigenvalue weighted by Crippen LogP contribution is -1.89. The molecule has 6 aromatic rings. The molecule has 0 spiro atoms. The van der Waals surface area contributed by atoms with Crippen LogP contribution in [0.1, 0.15) is 0 Å². The average molecular weight is 383 g/mol. The monoisotopic (exact) mass is 382 g/mol. The molecule has 0 unspecified atom stereocenters. The van der Waals surface area contributed by atoms with Gasteiger partial charge >= 0.3 is 0 Å². The van der Waals surface area contributed by atoms with Gasteiger partial charge in [-0.15, -0.1) is 22.7 Å². The van der Waals surface area contributed by atoms with Gasteiger partial charge in [-0.3, -0.25) is 0 Å². The lowest BCUT2D eigenvalue weighted by Gasteiger charge is -2.03. The summed E-state index contributed by atoms with van der Waals surface area (Å²) < 4.78 is 3.60. The van der Waals surface area contributed by atoms with Gasteiger partial charge in [-0.05, 0) is 36.4 Å². The lowest BCUT2D eigenvalue weighted by molar-refractivity contribution is 1.22. The van der Waals surface area contributed by atoms with Crippen molar-refractivity contribution >= 4 is 54.7 Å². The van der Waals surface area contributed by atoms with Gasteiger partial charge in [0.2, 0.25) is 0 Å². The zero-order valence-electron chi connectivity index (χ0n) is 14.3. The van der Waals surface area contributed by atoms with Crippen LogP contribution in [0.25, 0.3) is 46.9 Å². The molecular formula is C23H14N2S2. The quantitative estimate of drug-likeness (QED) is 0.312. The van der Waals surface area contributed by atoms with Gasteiger partial charge in [-0.2, -0.15) is 0 Å². The molecule has 0 fully saturated rings. The van der Waals surface area contributed by atoms with Crippen LogP contribution in [0.5, 0.6) is 0 Å². The van der Waals surface area contributed by atoms with Crippen LogP contribution >= 0.6 is 22.7 Å². The largest absolute Gasteiger partial charge is 0.301 e. The molecule has 3 aromatic heterocycles. The molecule has 3 aromatic carbocycles. The Hall–Kier alpha value is -2.95. The van der Waals surface area contributed by atoms with Crippen molar-refractivity contribution in [3.8, 4) is 14.9 Å². The number of aromatic nitrogens is 2. The number of fused-ring (bicyclic) bond motifs is 4. The average Bonchev–Trinajstić information content (AvgIpc) is 3.42. The first-order chi connectivity index (χ1) is 13.4. The Labute approximate surface area is 164 Å². The molecule has 128 valence electrons. The number of hydrogen-bond acceptors (Lipinski definition) is 3. The molecule has 0 saturated heterocycles. The number of rotatable bonds is 2. The molecule has 0 atom stereocenters. The van der Waals surface area contributed by atoms with Crippen molar-refractivity contribution in [3.05, 3.63) is 84.9 Å². The minimum absolute atomic E-state index is 1.07. The van der Waals surface area contributed by atoms with Gasteiger partial charge in [0, 0.05) is 10.8 Å². The summed E-state index contributed by atoms with van der Waals surface area (Å²) in [6, 6.07) is 30.0. The molecule has 2 nitrogen and oxygen atoms in total. The number of nitrogens with zero attached hydrogens (tertiary/aromatic N) is 2. The second-order valence-electron chi connectivity index (χ2n) is 6.49. The minimum Gasteiger partial charge on any atom is -0.301 e. The summed E-state index contributed by atoms with van der Waals surface area (Å²) in [6.45, 7) is 0. The zero-order valence-corrected chi connectivity index (χ0v) is 15.9. The van der Waals surface area contributed by atoms with Gasteiger partial charge in [-0.1, -0.05) is 48.5 Å². The van der Waals surface area contributed by atoms with Crippen molar-refractivity contribution in [2.45, 2.75) is 0 Å². The fraction of sp³-hybridized carbons (Fsp3) is 0. The van der Waals surface area contributed by atoms with Crippen LogP contribution in [0.15, 0.2) is 84.9 Å². The van der Waals surface area contributed by atoms with Gasteiger partial charge in [0.05, 0.1) is 26.1 Å². The molecule has 6 rings (SSSR count). The summed E-state index contributed by atoms with van der Waals surface area (Å²) in [4.78, 5) is 6.04. The molecule has 0 radical (unpaired) electrons. The third-order valence-electron chi connectivity index (χ3n) is 4.90. The van der Waals surface area contributed by atoms with Crippen LogP contribution in [0.2, 0.25) is 0 Å². The molecule has 0 amide bonds. The Balaban J connectivity index is 1.58. The number of thiazole rings is 1. The van der Waals surface area contributed by atoms with Crippen LogP contribution in [-0.4, -0.2) is 9.55 Å². The van der Waals surface area contributed by atoms with Gasteiger partial charge < -0.3 is 4.57 Å². The van der Waals surface area contributed by atoms with Crippen molar-refractivity contribution < 1.29 is 0 Å². The molecule has 0 aliphatic rings. The van der Waals surface area contributed by atoms with E-state index in [1.165, 1.54) is 36.4 Å². The SMILES string of the molecule is c1ccc2sc(-c3ccc(-n4c5ccccc5c5ccccc54)s3)nc2c1. The van der Waals surface area contributed by atoms with E-state index in [2.05, 4.69) is 83.4 Å². The predicted molar refractivity (Wildman–Crippen MR) is 117 cm³/mol. The molecule has 4 heteroatoms. The number of benzene rings is 3. The first kappa shape index (κ1) is 15.1. The van der Waals surface area contributed by atoms with Gasteiger partial charge in [-0.25, -0.2) is 4.98 Å². The predicted octanol–water partition coefficient (Wildman–Crippen LogP) is 7.12. The topological polar surface area (TPSA) is 17.8 Å². The minimum atomic E-state index is 1.07. The number of thiophene rings is 1. The van der Waals surface area contributed by atoms with Crippen molar-refractivity contribution in [3.63, 3.8) is 0 Å². The maximum Gasteiger partial charge on any atom is 0.134 e. The molecule has 0 aliphatic heterocycles. The highest BCUT2D eigenvalue weighted by Crippen LogP contribution is 2.39. The molecular weight excluding hydrogens is 368 g/mol. The van der Waals surface area contributed by atoms with Crippen LogP contribution in [0, 0.1) is 0 Å². The molecule has 0 N–H and O–H groups in total. The van der Waals surface area contributed by atoms with E-state index in [1.54, 1.807) is 22.7 Å². The lowest BCUT2D eigenvalue weighted by atomic mass is 10.2. The third kappa shape index (κ3) is 2.27. The number of hydrogen-bond donors (Lipinski definition) is 0. The molecule has 27 heavy (non-hydrogen) atoms. The second-order valence-corrected chi connectivity index (χ2v) is 8.59. The maximum atomic E-state index is 4.82. The van der Waals surface area contributed by atoms with E-state index in [1.807, 2.05) is 6.07 Å². The molecule has 3 heterocycles. The number of para-hydroxylation sites is 3. The normalized spacial score (nSPS) is 11.7. The van der Waals surface area contributed by atoms with E-state index >= 15 is 0 Å².